The van der Waals surface area contributed by atoms with Gasteiger partial charge in [0.05, 0.1) is 15.8 Å². The number of thioether (sulfide) groups is 1. The lowest BCUT2D eigenvalue weighted by Crippen LogP contribution is -2.24. The van der Waals surface area contributed by atoms with Crippen molar-refractivity contribution in [1.82, 2.24) is 19.1 Å². The third-order valence-corrected chi connectivity index (χ3v) is 7.85. The molecule has 0 radical (unpaired) electrons. The van der Waals surface area contributed by atoms with Crippen molar-refractivity contribution >= 4 is 33.4 Å². The molecule has 1 aromatic heterocycles. The Balaban J connectivity index is 1.48. The van der Waals surface area contributed by atoms with Gasteiger partial charge in [-0.1, -0.05) is 36.0 Å². The second-order valence-electron chi connectivity index (χ2n) is 7.84. The lowest BCUT2D eigenvalue weighted by atomic mass is 10.3. The Morgan fingerprint density at radius 3 is 2.53 bits per heavy atom. The molecule has 1 N–H and O–H groups in total. The first-order chi connectivity index (χ1) is 15.3. The molecule has 1 saturated carbocycles. The minimum absolute atomic E-state index is 0.123. The molecular formula is C22H25N5O3S2. The highest BCUT2D eigenvalue weighted by Gasteiger charge is 2.31. The fraction of sp³-hybridized carbons (Fsp3) is 0.318. The van der Waals surface area contributed by atoms with Crippen molar-refractivity contribution in [2.24, 2.45) is 0 Å². The van der Waals surface area contributed by atoms with Crippen molar-refractivity contribution in [3.63, 3.8) is 0 Å². The zero-order valence-electron chi connectivity index (χ0n) is 18.1. The van der Waals surface area contributed by atoms with Crippen molar-refractivity contribution < 1.29 is 13.2 Å². The minimum Gasteiger partial charge on any atom is -0.325 e. The molecule has 3 aromatic rings. The Morgan fingerprint density at radius 2 is 1.88 bits per heavy atom. The Labute approximate surface area is 192 Å². The maximum atomic E-state index is 12.8. The van der Waals surface area contributed by atoms with Crippen LogP contribution in [0.2, 0.25) is 0 Å². The van der Waals surface area contributed by atoms with Crippen LogP contribution in [-0.2, 0) is 14.8 Å². The number of sulfonamides is 1. The van der Waals surface area contributed by atoms with Gasteiger partial charge in [0.1, 0.15) is 5.82 Å². The first-order valence-electron chi connectivity index (χ1n) is 10.3. The van der Waals surface area contributed by atoms with Gasteiger partial charge in [0.2, 0.25) is 21.1 Å². The van der Waals surface area contributed by atoms with E-state index in [2.05, 4.69) is 10.4 Å². The van der Waals surface area contributed by atoms with Crippen LogP contribution in [0.3, 0.4) is 0 Å². The average Bonchev–Trinajstić information content (AvgIpc) is 3.54. The smallest absolute Gasteiger partial charge is 0.242 e. The molecule has 0 spiro atoms. The summed E-state index contributed by atoms with van der Waals surface area (Å²) in [5.41, 5.74) is 1.37. The number of rotatable bonds is 8. The Kier molecular flexibility index (Phi) is 6.36. The number of nitrogens with zero attached hydrogens (tertiary/aromatic N) is 4. The number of para-hydroxylation sites is 1. The van der Waals surface area contributed by atoms with Gasteiger partial charge in [0.15, 0.2) is 0 Å². The Morgan fingerprint density at radius 1 is 1.16 bits per heavy atom. The van der Waals surface area contributed by atoms with Gasteiger partial charge in [-0.25, -0.2) is 22.4 Å². The van der Waals surface area contributed by atoms with E-state index in [1.807, 2.05) is 35.0 Å². The van der Waals surface area contributed by atoms with Gasteiger partial charge in [0, 0.05) is 25.7 Å². The molecule has 10 heteroatoms. The largest absolute Gasteiger partial charge is 0.325 e. The third-order valence-electron chi connectivity index (χ3n) is 5.09. The SMILES string of the molecule is C[C@H](Sc1nc(C2CC2)n(-c2ccccc2)n1)C(=O)Nc1cccc(S(=O)(=O)N(C)C)c1. The molecule has 168 valence electrons. The number of benzene rings is 2. The van der Waals surface area contributed by atoms with Crippen molar-refractivity contribution in [1.29, 1.82) is 0 Å². The lowest BCUT2D eigenvalue weighted by molar-refractivity contribution is -0.115. The monoisotopic (exact) mass is 471 g/mol. The second-order valence-corrected chi connectivity index (χ2v) is 11.3. The van der Waals surface area contributed by atoms with Crippen LogP contribution >= 0.6 is 11.8 Å². The van der Waals surface area contributed by atoms with E-state index in [1.54, 1.807) is 19.1 Å². The molecule has 8 nitrogen and oxygen atoms in total. The lowest BCUT2D eigenvalue weighted by Gasteiger charge is -2.14. The van der Waals surface area contributed by atoms with Crippen LogP contribution in [0.4, 0.5) is 5.69 Å². The summed E-state index contributed by atoms with van der Waals surface area (Å²) in [7, 11) is -0.643. The van der Waals surface area contributed by atoms with E-state index >= 15 is 0 Å². The molecule has 0 bridgehead atoms. The molecule has 1 heterocycles. The van der Waals surface area contributed by atoms with Crippen molar-refractivity contribution in [2.45, 2.75) is 41.0 Å². The van der Waals surface area contributed by atoms with Crippen molar-refractivity contribution in [3.05, 3.63) is 60.4 Å². The topological polar surface area (TPSA) is 97.2 Å². The zero-order valence-corrected chi connectivity index (χ0v) is 19.7. The summed E-state index contributed by atoms with van der Waals surface area (Å²) in [6, 6.07) is 16.1. The molecule has 0 saturated heterocycles. The van der Waals surface area contributed by atoms with Crippen LogP contribution in [0.5, 0.6) is 0 Å². The van der Waals surface area contributed by atoms with Crippen molar-refractivity contribution in [3.8, 4) is 5.69 Å². The van der Waals surface area contributed by atoms with Gasteiger partial charge in [-0.2, -0.15) is 0 Å². The summed E-state index contributed by atoms with van der Waals surface area (Å²) in [5, 5.41) is 7.51. The van der Waals surface area contributed by atoms with E-state index in [1.165, 1.54) is 38.0 Å². The second kappa shape index (κ2) is 9.05. The maximum Gasteiger partial charge on any atom is 0.242 e. The molecule has 1 aliphatic carbocycles. The van der Waals surface area contributed by atoms with E-state index in [-0.39, 0.29) is 10.8 Å². The third kappa shape index (κ3) is 4.87. The Hall–Kier alpha value is -2.69. The molecule has 1 fully saturated rings. The predicted molar refractivity (Wildman–Crippen MR) is 125 cm³/mol. The van der Waals surface area contributed by atoms with Crippen LogP contribution in [0.1, 0.15) is 31.5 Å². The summed E-state index contributed by atoms with van der Waals surface area (Å²) in [4.78, 5) is 17.6. The first-order valence-corrected chi connectivity index (χ1v) is 12.6. The number of hydrogen-bond donors (Lipinski definition) is 1. The molecule has 32 heavy (non-hydrogen) atoms. The van der Waals surface area contributed by atoms with E-state index in [4.69, 9.17) is 4.98 Å². The van der Waals surface area contributed by atoms with Crippen LogP contribution in [-0.4, -0.2) is 52.7 Å². The van der Waals surface area contributed by atoms with Crippen molar-refractivity contribution in [2.75, 3.05) is 19.4 Å². The summed E-state index contributed by atoms with van der Waals surface area (Å²) < 4.78 is 27.7. The Bertz CT molecular complexity index is 1220. The highest BCUT2D eigenvalue weighted by molar-refractivity contribution is 8.00. The first kappa shape index (κ1) is 22.5. The van der Waals surface area contributed by atoms with E-state index < -0.39 is 15.3 Å². The summed E-state index contributed by atoms with van der Waals surface area (Å²) >= 11 is 1.28. The van der Waals surface area contributed by atoms with Crippen LogP contribution in [0.25, 0.3) is 5.69 Å². The fourth-order valence-electron chi connectivity index (χ4n) is 3.12. The molecule has 4 rings (SSSR count). The maximum absolute atomic E-state index is 12.8. The van der Waals surface area contributed by atoms with Gasteiger partial charge in [-0.05, 0) is 50.1 Å². The van der Waals surface area contributed by atoms with Gasteiger partial charge in [-0.15, -0.1) is 5.10 Å². The standard InChI is InChI=1S/C22H25N5O3S2/c1-15(21(28)23-17-8-7-11-19(14-17)32(29,30)26(2)3)31-22-24-20(16-12-13-16)27(25-22)18-9-5-4-6-10-18/h4-11,14-16H,12-13H2,1-3H3,(H,23,28)/t15-/m0/s1. The highest BCUT2D eigenvalue weighted by Crippen LogP contribution is 2.40. The van der Waals surface area contributed by atoms with Gasteiger partial charge in [0.25, 0.3) is 0 Å². The van der Waals surface area contributed by atoms with E-state index in [0.29, 0.717) is 16.8 Å². The van der Waals surface area contributed by atoms with Gasteiger partial charge in [-0.3, -0.25) is 4.79 Å². The quantitative estimate of drug-likeness (QED) is 0.505. The summed E-state index contributed by atoms with van der Waals surface area (Å²) in [6.45, 7) is 1.78. The molecule has 1 amide bonds. The number of hydrogen-bond acceptors (Lipinski definition) is 6. The zero-order chi connectivity index (χ0) is 22.9. The van der Waals surface area contributed by atoms with Crippen LogP contribution in [0, 0.1) is 0 Å². The number of amides is 1. The van der Waals surface area contributed by atoms with Gasteiger partial charge < -0.3 is 5.32 Å². The number of nitrogens with one attached hydrogen (secondary N) is 1. The molecule has 1 atom stereocenters. The van der Waals surface area contributed by atoms with Crippen LogP contribution in [0.15, 0.2) is 64.6 Å². The molecule has 1 aliphatic rings. The van der Waals surface area contributed by atoms with Crippen LogP contribution < -0.4 is 5.32 Å². The number of anilines is 1. The summed E-state index contributed by atoms with van der Waals surface area (Å²) in [6.07, 6.45) is 2.19. The highest BCUT2D eigenvalue weighted by atomic mass is 32.2. The molecule has 0 aliphatic heterocycles. The summed E-state index contributed by atoms with van der Waals surface area (Å²) in [5.74, 6) is 1.08. The minimum atomic E-state index is -3.58. The molecule has 2 aromatic carbocycles. The normalized spacial score (nSPS) is 15.0. The van der Waals surface area contributed by atoms with Gasteiger partial charge >= 0.3 is 0 Å². The number of aromatic nitrogens is 3. The fourth-order valence-corrected chi connectivity index (χ4v) is 4.83. The molecular weight excluding hydrogens is 446 g/mol. The van der Waals surface area contributed by atoms with E-state index in [0.717, 1.165) is 28.7 Å². The average molecular weight is 472 g/mol. The number of carbonyl (C=O) groups excluding carboxylic acids is 1. The van der Waals surface area contributed by atoms with E-state index in [9.17, 15) is 13.2 Å². The molecule has 0 unspecified atom stereocenters. The predicted octanol–water partition coefficient (Wildman–Crippen LogP) is 3.51. The number of carbonyl (C=O) groups is 1.